The standard InChI is InChI=1S/C24H23BrN2O2/c1-2-29-23-16-7-6-15-22(23)27(17-9-12-19-10-4-3-5-11-19)24(28)26-21-14-8-13-20(25)18-21/h3-16,18H,2,17H2,1H3,(H,26,28)/b12-9+. The number of carbonyl (C=O) groups is 1. The summed E-state index contributed by atoms with van der Waals surface area (Å²) in [6.45, 7) is 2.86. The summed E-state index contributed by atoms with van der Waals surface area (Å²) < 4.78 is 6.65. The van der Waals surface area contributed by atoms with Crippen LogP contribution >= 0.6 is 15.9 Å². The van der Waals surface area contributed by atoms with Gasteiger partial charge in [0.2, 0.25) is 0 Å². The molecule has 0 aromatic heterocycles. The Hall–Kier alpha value is -3.05. The Morgan fingerprint density at radius 2 is 1.79 bits per heavy atom. The van der Waals surface area contributed by atoms with Gasteiger partial charge in [-0.3, -0.25) is 4.90 Å². The minimum Gasteiger partial charge on any atom is -0.492 e. The SMILES string of the molecule is CCOc1ccccc1N(C/C=C/c1ccccc1)C(=O)Nc1cccc(Br)c1. The molecule has 4 nitrogen and oxygen atoms in total. The quantitative estimate of drug-likeness (QED) is 0.440. The number of para-hydroxylation sites is 2. The summed E-state index contributed by atoms with van der Waals surface area (Å²) in [6, 6.07) is 24.9. The highest BCUT2D eigenvalue weighted by Crippen LogP contribution is 2.29. The third kappa shape index (κ3) is 5.96. The Morgan fingerprint density at radius 3 is 2.55 bits per heavy atom. The molecule has 0 radical (unpaired) electrons. The second kappa shape index (κ2) is 10.5. The van der Waals surface area contributed by atoms with E-state index in [2.05, 4.69) is 21.2 Å². The highest BCUT2D eigenvalue weighted by Gasteiger charge is 2.18. The van der Waals surface area contributed by atoms with Gasteiger partial charge in [-0.05, 0) is 42.8 Å². The van der Waals surface area contributed by atoms with E-state index in [1.165, 1.54) is 0 Å². The third-order valence-corrected chi connectivity index (χ3v) is 4.67. The number of rotatable bonds is 7. The maximum Gasteiger partial charge on any atom is 0.326 e. The van der Waals surface area contributed by atoms with Crippen LogP contribution in [0.2, 0.25) is 0 Å². The van der Waals surface area contributed by atoms with Gasteiger partial charge in [0.1, 0.15) is 5.75 Å². The number of nitrogens with zero attached hydrogens (tertiary/aromatic N) is 1. The maximum atomic E-state index is 13.1. The van der Waals surface area contributed by atoms with Crippen LogP contribution in [0.1, 0.15) is 12.5 Å². The Kier molecular flexibility index (Phi) is 7.47. The predicted octanol–water partition coefficient (Wildman–Crippen LogP) is 6.60. The summed E-state index contributed by atoms with van der Waals surface area (Å²) in [5.74, 6) is 0.674. The molecule has 0 saturated carbocycles. The van der Waals surface area contributed by atoms with E-state index in [-0.39, 0.29) is 6.03 Å². The molecule has 0 aliphatic carbocycles. The lowest BCUT2D eigenvalue weighted by Gasteiger charge is -2.24. The van der Waals surface area contributed by atoms with Crippen molar-refractivity contribution >= 4 is 39.4 Å². The fourth-order valence-corrected chi connectivity index (χ4v) is 3.26. The smallest absolute Gasteiger partial charge is 0.326 e. The number of urea groups is 1. The van der Waals surface area contributed by atoms with E-state index in [1.54, 1.807) is 4.90 Å². The summed E-state index contributed by atoms with van der Waals surface area (Å²) in [5, 5.41) is 2.97. The van der Waals surface area contributed by atoms with Gasteiger partial charge in [0.05, 0.1) is 12.3 Å². The number of hydrogen-bond acceptors (Lipinski definition) is 2. The van der Waals surface area contributed by atoms with Crippen molar-refractivity contribution < 1.29 is 9.53 Å². The number of hydrogen-bond donors (Lipinski definition) is 1. The van der Waals surface area contributed by atoms with Crippen molar-refractivity contribution in [3.63, 3.8) is 0 Å². The molecular formula is C24H23BrN2O2. The number of anilines is 2. The molecule has 148 valence electrons. The summed E-state index contributed by atoms with van der Waals surface area (Å²) >= 11 is 3.44. The number of nitrogens with one attached hydrogen (secondary N) is 1. The average molecular weight is 451 g/mol. The highest BCUT2D eigenvalue weighted by atomic mass is 79.9. The summed E-state index contributed by atoms with van der Waals surface area (Å²) in [7, 11) is 0. The lowest BCUT2D eigenvalue weighted by molar-refractivity contribution is 0.257. The molecule has 3 aromatic rings. The van der Waals surface area contributed by atoms with Gasteiger partial charge >= 0.3 is 6.03 Å². The first-order valence-corrected chi connectivity index (χ1v) is 10.2. The lowest BCUT2D eigenvalue weighted by Crippen LogP contribution is -2.35. The van der Waals surface area contributed by atoms with E-state index < -0.39 is 0 Å². The second-order valence-electron chi connectivity index (χ2n) is 6.26. The lowest BCUT2D eigenvalue weighted by atomic mass is 10.2. The average Bonchev–Trinajstić information content (AvgIpc) is 2.73. The monoisotopic (exact) mass is 450 g/mol. The van der Waals surface area contributed by atoms with Crippen molar-refractivity contribution in [2.24, 2.45) is 0 Å². The summed E-state index contributed by atoms with van der Waals surface area (Å²) in [4.78, 5) is 14.8. The minimum absolute atomic E-state index is 0.229. The predicted molar refractivity (Wildman–Crippen MR) is 124 cm³/mol. The molecule has 0 aliphatic rings. The number of ether oxygens (including phenoxy) is 1. The number of halogens is 1. The molecule has 0 unspecified atom stereocenters. The minimum atomic E-state index is -0.229. The molecule has 0 bridgehead atoms. The van der Waals surface area contributed by atoms with Crippen molar-refractivity contribution in [3.8, 4) is 5.75 Å². The first-order chi connectivity index (χ1) is 14.2. The zero-order valence-corrected chi connectivity index (χ0v) is 17.8. The molecule has 0 atom stereocenters. The van der Waals surface area contributed by atoms with E-state index in [0.29, 0.717) is 18.9 Å². The van der Waals surface area contributed by atoms with Crippen LogP contribution in [0.4, 0.5) is 16.2 Å². The molecule has 2 amide bonds. The van der Waals surface area contributed by atoms with Crippen molar-refractivity contribution in [2.45, 2.75) is 6.92 Å². The van der Waals surface area contributed by atoms with Gasteiger partial charge in [0.15, 0.2) is 0 Å². The Labute approximate surface area is 179 Å². The zero-order valence-electron chi connectivity index (χ0n) is 16.2. The molecule has 0 saturated heterocycles. The Bertz CT molecular complexity index is 973. The number of amides is 2. The van der Waals surface area contributed by atoms with Crippen LogP contribution in [0.3, 0.4) is 0 Å². The van der Waals surface area contributed by atoms with Crippen molar-refractivity contribution in [2.75, 3.05) is 23.4 Å². The fourth-order valence-electron chi connectivity index (χ4n) is 2.86. The van der Waals surface area contributed by atoms with E-state index >= 15 is 0 Å². The molecule has 0 heterocycles. The second-order valence-corrected chi connectivity index (χ2v) is 7.18. The first kappa shape index (κ1) is 20.7. The van der Waals surface area contributed by atoms with Gasteiger partial charge in [-0.25, -0.2) is 4.79 Å². The molecule has 3 aromatic carbocycles. The number of carbonyl (C=O) groups excluding carboxylic acids is 1. The van der Waals surface area contributed by atoms with E-state index in [0.717, 1.165) is 21.4 Å². The molecule has 0 spiro atoms. The molecule has 1 N–H and O–H groups in total. The van der Waals surface area contributed by atoms with E-state index in [4.69, 9.17) is 4.74 Å². The van der Waals surface area contributed by atoms with Crippen molar-refractivity contribution in [1.82, 2.24) is 0 Å². The molecule has 29 heavy (non-hydrogen) atoms. The van der Waals surface area contributed by atoms with Crippen LogP contribution in [-0.4, -0.2) is 19.2 Å². The molecular weight excluding hydrogens is 428 g/mol. The van der Waals surface area contributed by atoms with Crippen molar-refractivity contribution in [1.29, 1.82) is 0 Å². The molecule has 0 aliphatic heterocycles. The van der Waals surface area contributed by atoms with Crippen LogP contribution in [0.25, 0.3) is 6.08 Å². The summed E-state index contributed by atoms with van der Waals surface area (Å²) in [5.41, 5.74) is 2.52. The molecule has 3 rings (SSSR count). The van der Waals surface area contributed by atoms with E-state index in [9.17, 15) is 4.79 Å². The van der Waals surface area contributed by atoms with Crippen LogP contribution in [0.15, 0.2) is 89.4 Å². The Morgan fingerprint density at radius 1 is 1.03 bits per heavy atom. The Balaban J connectivity index is 1.86. The zero-order chi connectivity index (χ0) is 20.5. The topological polar surface area (TPSA) is 41.6 Å². The van der Waals surface area contributed by atoms with Crippen LogP contribution in [-0.2, 0) is 0 Å². The van der Waals surface area contributed by atoms with Gasteiger partial charge in [0.25, 0.3) is 0 Å². The maximum absolute atomic E-state index is 13.1. The van der Waals surface area contributed by atoms with Crippen LogP contribution in [0, 0.1) is 0 Å². The normalized spacial score (nSPS) is 10.7. The number of benzene rings is 3. The van der Waals surface area contributed by atoms with Gasteiger partial charge in [-0.15, -0.1) is 0 Å². The fraction of sp³-hybridized carbons (Fsp3) is 0.125. The highest BCUT2D eigenvalue weighted by molar-refractivity contribution is 9.10. The van der Waals surface area contributed by atoms with Crippen LogP contribution in [0.5, 0.6) is 5.75 Å². The van der Waals surface area contributed by atoms with E-state index in [1.807, 2.05) is 97.9 Å². The summed E-state index contributed by atoms with van der Waals surface area (Å²) in [6.07, 6.45) is 3.97. The van der Waals surface area contributed by atoms with Gasteiger partial charge in [-0.1, -0.05) is 76.6 Å². The van der Waals surface area contributed by atoms with Gasteiger partial charge in [0, 0.05) is 16.7 Å². The van der Waals surface area contributed by atoms with Crippen LogP contribution < -0.4 is 15.0 Å². The third-order valence-electron chi connectivity index (χ3n) is 4.17. The molecule has 0 fully saturated rings. The largest absolute Gasteiger partial charge is 0.492 e. The van der Waals surface area contributed by atoms with Gasteiger partial charge < -0.3 is 10.1 Å². The first-order valence-electron chi connectivity index (χ1n) is 9.45. The molecule has 5 heteroatoms. The van der Waals surface area contributed by atoms with Gasteiger partial charge in [-0.2, -0.15) is 0 Å². The van der Waals surface area contributed by atoms with Crippen molar-refractivity contribution in [3.05, 3.63) is 95.0 Å².